The van der Waals surface area contributed by atoms with Gasteiger partial charge >= 0.3 is 24.2 Å². The van der Waals surface area contributed by atoms with Crippen molar-refractivity contribution in [3.05, 3.63) is 88.4 Å². The van der Waals surface area contributed by atoms with Crippen molar-refractivity contribution in [2.45, 2.75) is 74.8 Å². The molecule has 64 heavy (non-hydrogen) atoms. The molecule has 1 unspecified atom stereocenters. The Morgan fingerprint density at radius 2 is 1.64 bits per heavy atom. The second kappa shape index (κ2) is 16.5. The SMILES string of the molecule is C=COC(=O)Oc1cc2c(cc1OC)[C@@]1(CS[C@@H]3c4c(OC(C)=O)c(C)c5c(c4[C@H](COC1=O)N1C3[C@H]3c4c(cc(C)c(OC)c4OC(=O)OC=C)C[C@@H]([C@@H]1O)N3C)OCO5)NCC2. The average Bonchev–Trinajstić information content (AvgIpc) is 3.75. The van der Waals surface area contributed by atoms with Gasteiger partial charge in [-0.25, -0.2) is 14.4 Å². The van der Waals surface area contributed by atoms with Crippen molar-refractivity contribution in [2.24, 2.45) is 0 Å². The van der Waals surface area contributed by atoms with E-state index in [0.717, 1.165) is 18.1 Å². The minimum atomic E-state index is -1.50. The summed E-state index contributed by atoms with van der Waals surface area (Å²) in [5, 5.41) is 15.6. The minimum absolute atomic E-state index is 0.0296. The Bertz CT molecular complexity index is 2510. The third-order valence-electron chi connectivity index (χ3n) is 13.0. The van der Waals surface area contributed by atoms with Gasteiger partial charge in [-0.1, -0.05) is 19.2 Å². The van der Waals surface area contributed by atoms with Crippen LogP contribution >= 0.6 is 11.8 Å². The maximum absolute atomic E-state index is 15.0. The van der Waals surface area contributed by atoms with Gasteiger partial charge in [-0.05, 0) is 68.1 Å². The summed E-state index contributed by atoms with van der Waals surface area (Å²) in [6.07, 6.45) is -0.473. The lowest BCUT2D eigenvalue weighted by atomic mass is 9.73. The smallest absolute Gasteiger partial charge is 0.493 e. The van der Waals surface area contributed by atoms with Crippen LogP contribution < -0.4 is 38.5 Å². The highest BCUT2D eigenvalue weighted by Gasteiger charge is 2.61. The Morgan fingerprint density at radius 3 is 2.34 bits per heavy atom. The monoisotopic (exact) mass is 901 g/mol. The largest absolute Gasteiger partial charge is 0.518 e. The zero-order valence-electron chi connectivity index (χ0n) is 36.0. The summed E-state index contributed by atoms with van der Waals surface area (Å²) in [7, 11) is 4.81. The van der Waals surface area contributed by atoms with Crippen molar-refractivity contribution in [3.63, 3.8) is 0 Å². The van der Waals surface area contributed by atoms with Gasteiger partial charge in [-0.2, -0.15) is 0 Å². The standard InChI is InChI=1S/C45H47N3O15S/c1-9-56-43(52)62-29-15-23-11-12-46-45(25(23)16-28(29)54-7)18-64-40-32-31(38-37(59-19-60-38)21(4)36(32)61-22(5)49)27(17-58-42(45)51)48-34(40)33-30-24(14-26(41(48)50)47(33)6)13-20(3)35(55-8)39(30)63-44(53)57-10-2/h9-10,13,15-16,26-27,33-34,40-41,46,50H,1-2,11-12,14,17-19H2,3-8H3/t26-,27-,33+,34?,40+,41-,45+/m0/s1. The van der Waals surface area contributed by atoms with Gasteiger partial charge in [0.2, 0.25) is 6.79 Å². The third-order valence-corrected chi connectivity index (χ3v) is 14.4. The van der Waals surface area contributed by atoms with Crippen LogP contribution in [0.3, 0.4) is 0 Å². The van der Waals surface area contributed by atoms with Gasteiger partial charge < -0.3 is 52.5 Å². The second-order valence-corrected chi connectivity index (χ2v) is 17.3. The first-order valence-corrected chi connectivity index (χ1v) is 21.6. The first-order chi connectivity index (χ1) is 30.8. The number of fused-ring (bicyclic) bond motifs is 9. The number of carbonyl (C=O) groups excluding carboxylic acids is 4. The first-order valence-electron chi connectivity index (χ1n) is 20.5. The van der Waals surface area contributed by atoms with E-state index in [0.29, 0.717) is 75.6 Å². The van der Waals surface area contributed by atoms with Crippen LogP contribution in [-0.2, 0) is 42.2 Å². The van der Waals surface area contributed by atoms with Gasteiger partial charge in [0.1, 0.15) is 18.6 Å². The Morgan fingerprint density at radius 1 is 0.906 bits per heavy atom. The number of aliphatic hydroxyl groups excluding tert-OH is 1. The molecule has 3 aromatic carbocycles. The van der Waals surface area contributed by atoms with Gasteiger partial charge in [0.25, 0.3) is 0 Å². The number of ether oxygens (including phenoxy) is 10. The number of likely N-dealkylation sites (N-methyl/N-ethyl adjacent to an activating group) is 1. The number of thioether (sulfide) groups is 1. The van der Waals surface area contributed by atoms with Crippen molar-refractivity contribution in [1.29, 1.82) is 0 Å². The summed E-state index contributed by atoms with van der Waals surface area (Å²) in [5.41, 5.74) is 3.53. The fourth-order valence-electron chi connectivity index (χ4n) is 10.5. The lowest BCUT2D eigenvalue weighted by Crippen LogP contribution is -2.70. The normalized spacial score (nSPS) is 26.2. The van der Waals surface area contributed by atoms with Crippen molar-refractivity contribution in [3.8, 4) is 40.2 Å². The summed E-state index contributed by atoms with van der Waals surface area (Å²) in [6.45, 7) is 11.8. The number of nitrogens with one attached hydrogen (secondary N) is 1. The maximum atomic E-state index is 15.0. The van der Waals surface area contributed by atoms with E-state index in [-0.39, 0.29) is 42.2 Å². The van der Waals surface area contributed by atoms with Crippen LogP contribution in [0, 0.1) is 13.8 Å². The van der Waals surface area contributed by atoms with Crippen molar-refractivity contribution in [2.75, 3.05) is 47.0 Å². The lowest BCUT2D eigenvalue weighted by Gasteiger charge is -2.62. The lowest BCUT2D eigenvalue weighted by molar-refractivity contribution is -0.186. The molecule has 0 saturated carbocycles. The highest BCUT2D eigenvalue weighted by molar-refractivity contribution is 7.99. The first kappa shape index (κ1) is 43.3. The zero-order valence-corrected chi connectivity index (χ0v) is 36.8. The molecular weight excluding hydrogens is 855 g/mol. The summed E-state index contributed by atoms with van der Waals surface area (Å²) < 4.78 is 57.8. The van der Waals surface area contributed by atoms with Crippen LogP contribution in [0.1, 0.15) is 68.8 Å². The Balaban J connectivity index is 1.29. The third kappa shape index (κ3) is 6.62. The quantitative estimate of drug-likeness (QED) is 0.101. The van der Waals surface area contributed by atoms with E-state index in [1.54, 1.807) is 19.1 Å². The van der Waals surface area contributed by atoms with E-state index in [4.69, 9.17) is 47.4 Å². The number of hydrogen-bond acceptors (Lipinski definition) is 19. The molecule has 1 spiro atoms. The Hall–Kier alpha value is -5.99. The number of aliphatic hydroxyl groups is 1. The van der Waals surface area contributed by atoms with Crippen molar-refractivity contribution >= 4 is 36.0 Å². The van der Waals surface area contributed by atoms with E-state index in [1.807, 2.05) is 24.9 Å². The average molecular weight is 902 g/mol. The molecule has 10 rings (SSSR count). The van der Waals surface area contributed by atoms with E-state index in [2.05, 4.69) is 23.4 Å². The van der Waals surface area contributed by atoms with Gasteiger partial charge in [0, 0.05) is 47.5 Å². The van der Waals surface area contributed by atoms with Crippen LogP contribution in [0.15, 0.2) is 43.9 Å². The van der Waals surface area contributed by atoms with Gasteiger partial charge in [-0.15, -0.1) is 11.8 Å². The highest BCUT2D eigenvalue weighted by atomic mass is 32.2. The van der Waals surface area contributed by atoms with E-state index in [9.17, 15) is 19.5 Å². The molecule has 7 atom stereocenters. The molecular formula is C45H47N3O15S. The fraction of sp³-hybridized carbons (Fsp3) is 0.422. The molecule has 2 saturated heterocycles. The molecule has 18 nitrogen and oxygen atoms in total. The van der Waals surface area contributed by atoms with Gasteiger partial charge in [0.15, 0.2) is 40.0 Å². The van der Waals surface area contributed by atoms with Crippen LogP contribution in [0.25, 0.3) is 0 Å². The molecule has 7 aliphatic heterocycles. The highest BCUT2D eigenvalue weighted by Crippen LogP contribution is 2.64. The summed E-state index contributed by atoms with van der Waals surface area (Å²) >= 11 is 1.39. The number of carbonyl (C=O) groups is 4. The molecule has 4 bridgehead atoms. The molecule has 2 fully saturated rings. The van der Waals surface area contributed by atoms with E-state index in [1.165, 1.54) is 32.9 Å². The fourth-order valence-corrected chi connectivity index (χ4v) is 12.2. The Kier molecular flexibility index (Phi) is 11.2. The van der Waals surface area contributed by atoms with Crippen LogP contribution in [0.4, 0.5) is 9.59 Å². The zero-order chi connectivity index (χ0) is 45.4. The van der Waals surface area contributed by atoms with Crippen molar-refractivity contribution in [1.82, 2.24) is 15.1 Å². The number of methoxy groups -OCH3 is 2. The van der Waals surface area contributed by atoms with Crippen LogP contribution in [0.5, 0.6) is 40.2 Å². The number of aryl methyl sites for hydroxylation is 1. The van der Waals surface area contributed by atoms with Crippen LogP contribution in [-0.4, -0.2) is 104 Å². The topological polar surface area (TPSA) is 199 Å². The summed E-state index contributed by atoms with van der Waals surface area (Å²) in [4.78, 5) is 57.7. The number of piperazine rings is 1. The predicted octanol–water partition coefficient (Wildman–Crippen LogP) is 5.32. The van der Waals surface area contributed by atoms with Crippen LogP contribution in [0.2, 0.25) is 0 Å². The molecule has 0 aromatic heterocycles. The van der Waals surface area contributed by atoms with Gasteiger partial charge in [0.05, 0.1) is 50.1 Å². The van der Waals surface area contributed by atoms with E-state index >= 15 is 4.79 Å². The molecule has 19 heteroatoms. The van der Waals surface area contributed by atoms with E-state index < -0.39 is 65.4 Å². The molecule has 0 aliphatic carbocycles. The molecule has 7 aliphatic rings. The molecule has 0 radical (unpaired) electrons. The maximum Gasteiger partial charge on any atom is 0.518 e. The molecule has 3 aromatic rings. The summed E-state index contributed by atoms with van der Waals surface area (Å²) in [6, 6.07) is 2.51. The second-order valence-electron chi connectivity index (χ2n) is 16.2. The van der Waals surface area contributed by atoms with Gasteiger partial charge in [-0.3, -0.25) is 19.9 Å². The van der Waals surface area contributed by atoms with Crippen molar-refractivity contribution < 1.29 is 71.7 Å². The molecule has 2 N–H and O–H groups in total. The number of nitrogens with zero attached hydrogens (tertiary/aromatic N) is 2. The molecule has 338 valence electrons. The minimum Gasteiger partial charge on any atom is -0.493 e. The number of esters is 2. The number of rotatable bonds is 7. The predicted molar refractivity (Wildman–Crippen MR) is 226 cm³/mol. The Labute approximate surface area is 372 Å². The number of benzene rings is 3. The summed E-state index contributed by atoms with van der Waals surface area (Å²) in [5.74, 6) is 0.569. The number of hydrogen-bond donors (Lipinski definition) is 2. The molecule has 7 heterocycles. The molecule has 0 amide bonds.